The lowest BCUT2D eigenvalue weighted by Gasteiger charge is -2.31. The lowest BCUT2D eigenvalue weighted by atomic mass is 9.96. The number of piperidine rings is 1. The highest BCUT2D eigenvalue weighted by atomic mass is 32.1. The third-order valence-corrected chi connectivity index (χ3v) is 5.35. The molecule has 2 saturated heterocycles. The van der Waals surface area contributed by atoms with Crippen LogP contribution in [-0.4, -0.2) is 41.8 Å². The van der Waals surface area contributed by atoms with Crippen molar-refractivity contribution in [3.8, 4) is 0 Å². The maximum atomic E-state index is 12.7. The van der Waals surface area contributed by atoms with Crippen molar-refractivity contribution in [1.82, 2.24) is 9.80 Å². The highest BCUT2D eigenvalue weighted by Gasteiger charge is 2.44. The first kappa shape index (κ1) is 13.6. The molecule has 0 aliphatic carbocycles. The Labute approximate surface area is 123 Å². The first-order chi connectivity index (χ1) is 9.68. The second kappa shape index (κ2) is 5.56. The van der Waals surface area contributed by atoms with E-state index in [2.05, 4.69) is 0 Å². The van der Waals surface area contributed by atoms with Crippen LogP contribution in [-0.2, 0) is 9.59 Å². The van der Waals surface area contributed by atoms with Crippen LogP contribution >= 0.6 is 11.3 Å². The summed E-state index contributed by atoms with van der Waals surface area (Å²) in [6.45, 7) is 1.70. The molecule has 2 amide bonds. The number of hydrogen-bond acceptors (Lipinski definition) is 3. The van der Waals surface area contributed by atoms with Crippen molar-refractivity contribution in [3.05, 3.63) is 22.4 Å². The number of likely N-dealkylation sites (tertiary alicyclic amines) is 2. The molecule has 1 aromatic heterocycles. The van der Waals surface area contributed by atoms with Crippen LogP contribution in [0.2, 0.25) is 0 Å². The molecule has 2 aliphatic rings. The van der Waals surface area contributed by atoms with Gasteiger partial charge in [0, 0.05) is 31.4 Å². The zero-order valence-corrected chi connectivity index (χ0v) is 12.6. The largest absolute Gasteiger partial charge is 0.342 e. The van der Waals surface area contributed by atoms with E-state index in [1.807, 2.05) is 29.5 Å². The van der Waals surface area contributed by atoms with Crippen LogP contribution in [0.15, 0.2) is 17.5 Å². The van der Waals surface area contributed by atoms with E-state index < -0.39 is 0 Å². The van der Waals surface area contributed by atoms with Gasteiger partial charge in [0.2, 0.25) is 11.8 Å². The van der Waals surface area contributed by atoms with Gasteiger partial charge in [0.25, 0.3) is 0 Å². The molecular formula is C15H20N2O2S. The van der Waals surface area contributed by atoms with Crippen molar-refractivity contribution in [3.63, 3.8) is 0 Å². The Morgan fingerprint density at radius 3 is 2.70 bits per heavy atom. The van der Waals surface area contributed by atoms with Crippen LogP contribution in [0.1, 0.15) is 36.6 Å². The van der Waals surface area contributed by atoms with Crippen LogP contribution in [0, 0.1) is 5.92 Å². The highest BCUT2D eigenvalue weighted by Crippen LogP contribution is 2.40. The highest BCUT2D eigenvalue weighted by molar-refractivity contribution is 7.10. The number of amides is 2. The molecule has 3 heterocycles. The number of rotatable bonds is 2. The van der Waals surface area contributed by atoms with Gasteiger partial charge in [0.1, 0.15) is 0 Å². The third-order valence-electron chi connectivity index (χ3n) is 4.41. The van der Waals surface area contributed by atoms with Gasteiger partial charge in [-0.1, -0.05) is 6.07 Å². The summed E-state index contributed by atoms with van der Waals surface area (Å²) < 4.78 is 0. The summed E-state index contributed by atoms with van der Waals surface area (Å²) in [6.07, 6.45) is 3.74. The predicted octanol–water partition coefficient (Wildman–Crippen LogP) is 2.28. The fourth-order valence-electron chi connectivity index (χ4n) is 3.29. The van der Waals surface area contributed by atoms with Crippen LogP contribution in [0.5, 0.6) is 0 Å². The van der Waals surface area contributed by atoms with Gasteiger partial charge in [-0.25, -0.2) is 0 Å². The molecule has 0 unspecified atom stereocenters. The third kappa shape index (κ3) is 2.35. The van der Waals surface area contributed by atoms with E-state index in [1.165, 1.54) is 6.42 Å². The number of carbonyl (C=O) groups is 2. The van der Waals surface area contributed by atoms with Crippen molar-refractivity contribution >= 4 is 23.2 Å². The van der Waals surface area contributed by atoms with Gasteiger partial charge in [-0.05, 0) is 30.7 Å². The van der Waals surface area contributed by atoms with Crippen molar-refractivity contribution < 1.29 is 9.59 Å². The molecule has 2 aliphatic heterocycles. The fraction of sp³-hybridized carbons (Fsp3) is 0.600. The zero-order valence-electron chi connectivity index (χ0n) is 11.7. The predicted molar refractivity (Wildman–Crippen MR) is 78.4 cm³/mol. The SMILES string of the molecule is CN1C(=O)C[C@H](C(=O)N2CCCCC2)[C@@H]1c1cccs1. The molecule has 0 spiro atoms. The van der Waals surface area contributed by atoms with Crippen molar-refractivity contribution in [2.45, 2.75) is 31.7 Å². The molecule has 5 heteroatoms. The first-order valence-corrected chi connectivity index (χ1v) is 8.14. The molecule has 1 aromatic rings. The van der Waals surface area contributed by atoms with E-state index in [4.69, 9.17) is 0 Å². The minimum absolute atomic E-state index is 0.0723. The molecule has 4 nitrogen and oxygen atoms in total. The number of hydrogen-bond donors (Lipinski definition) is 0. The average molecular weight is 292 g/mol. The Hall–Kier alpha value is -1.36. The number of carbonyl (C=O) groups excluding carboxylic acids is 2. The van der Waals surface area contributed by atoms with E-state index in [9.17, 15) is 9.59 Å². The minimum Gasteiger partial charge on any atom is -0.342 e. The van der Waals surface area contributed by atoms with E-state index in [0.717, 1.165) is 30.8 Å². The molecule has 3 rings (SSSR count). The Morgan fingerprint density at radius 1 is 1.30 bits per heavy atom. The van der Waals surface area contributed by atoms with Crippen LogP contribution in [0.25, 0.3) is 0 Å². The Balaban J connectivity index is 1.83. The molecule has 2 atom stereocenters. The summed E-state index contributed by atoms with van der Waals surface area (Å²) in [7, 11) is 1.82. The summed E-state index contributed by atoms with van der Waals surface area (Å²) >= 11 is 1.63. The quantitative estimate of drug-likeness (QED) is 0.839. The summed E-state index contributed by atoms with van der Waals surface area (Å²) in [5.74, 6) is 0.0452. The summed E-state index contributed by atoms with van der Waals surface area (Å²) in [6, 6.07) is 3.94. The van der Waals surface area contributed by atoms with Crippen molar-refractivity contribution in [2.24, 2.45) is 5.92 Å². The smallest absolute Gasteiger partial charge is 0.228 e. The van der Waals surface area contributed by atoms with Crippen LogP contribution in [0.3, 0.4) is 0 Å². The van der Waals surface area contributed by atoms with E-state index in [1.54, 1.807) is 16.2 Å². The van der Waals surface area contributed by atoms with E-state index in [0.29, 0.717) is 6.42 Å². The molecule has 0 saturated carbocycles. The zero-order chi connectivity index (χ0) is 14.1. The molecule has 0 N–H and O–H groups in total. The molecule has 108 valence electrons. The van der Waals surface area contributed by atoms with Gasteiger partial charge in [-0.3, -0.25) is 9.59 Å². The maximum Gasteiger partial charge on any atom is 0.228 e. The fourth-order valence-corrected chi connectivity index (χ4v) is 4.22. The van der Waals surface area contributed by atoms with Gasteiger partial charge in [0.15, 0.2) is 0 Å². The van der Waals surface area contributed by atoms with Crippen LogP contribution < -0.4 is 0 Å². The minimum atomic E-state index is -0.204. The molecular weight excluding hydrogens is 272 g/mol. The summed E-state index contributed by atoms with van der Waals surface area (Å²) in [4.78, 5) is 29.6. The van der Waals surface area contributed by atoms with Gasteiger partial charge < -0.3 is 9.80 Å². The molecule has 20 heavy (non-hydrogen) atoms. The molecule has 0 bridgehead atoms. The normalized spacial score (nSPS) is 27.1. The van der Waals surface area contributed by atoms with Gasteiger partial charge in [-0.15, -0.1) is 11.3 Å². The number of nitrogens with zero attached hydrogens (tertiary/aromatic N) is 2. The monoisotopic (exact) mass is 292 g/mol. The van der Waals surface area contributed by atoms with E-state index >= 15 is 0 Å². The second-order valence-corrected chi connectivity index (χ2v) is 6.64. The maximum absolute atomic E-state index is 12.7. The number of thiophene rings is 1. The van der Waals surface area contributed by atoms with Gasteiger partial charge in [0.05, 0.1) is 12.0 Å². The summed E-state index contributed by atoms with van der Waals surface area (Å²) in [5, 5.41) is 2.01. The topological polar surface area (TPSA) is 40.6 Å². The molecule has 0 radical (unpaired) electrons. The van der Waals surface area contributed by atoms with Crippen molar-refractivity contribution in [2.75, 3.05) is 20.1 Å². The lowest BCUT2D eigenvalue weighted by Crippen LogP contribution is -2.41. The Bertz CT molecular complexity index is 494. The summed E-state index contributed by atoms with van der Waals surface area (Å²) in [5.41, 5.74) is 0. The molecule has 2 fully saturated rings. The lowest BCUT2D eigenvalue weighted by molar-refractivity contribution is -0.137. The van der Waals surface area contributed by atoms with E-state index in [-0.39, 0.29) is 23.8 Å². The van der Waals surface area contributed by atoms with Crippen molar-refractivity contribution in [1.29, 1.82) is 0 Å². The van der Waals surface area contributed by atoms with Crippen LogP contribution in [0.4, 0.5) is 0 Å². The molecule has 0 aromatic carbocycles. The standard InChI is InChI=1S/C15H20N2O2S/c1-16-13(18)10-11(14(16)12-6-5-9-20-12)15(19)17-7-3-2-4-8-17/h5-6,9,11,14H,2-4,7-8,10H2,1H3/t11-,14+/m0/s1. The Morgan fingerprint density at radius 2 is 2.05 bits per heavy atom. The second-order valence-electron chi connectivity index (χ2n) is 5.66. The van der Waals surface area contributed by atoms with Gasteiger partial charge >= 0.3 is 0 Å². The average Bonchev–Trinajstić information content (AvgIpc) is 3.08. The first-order valence-electron chi connectivity index (χ1n) is 7.26. The Kier molecular flexibility index (Phi) is 3.78. The van der Waals surface area contributed by atoms with Gasteiger partial charge in [-0.2, -0.15) is 0 Å².